The molecule has 0 aliphatic carbocycles. The number of hydrogen-bond acceptors (Lipinski definition) is 4. The van der Waals surface area contributed by atoms with E-state index in [4.69, 9.17) is 4.98 Å². The van der Waals surface area contributed by atoms with E-state index in [1.807, 2.05) is 17.0 Å². The summed E-state index contributed by atoms with van der Waals surface area (Å²) in [5.74, 6) is 1.40. The second-order valence-corrected chi connectivity index (χ2v) is 8.39. The highest BCUT2D eigenvalue weighted by molar-refractivity contribution is 5.85. The van der Waals surface area contributed by atoms with Crippen LogP contribution in [-0.4, -0.2) is 59.6 Å². The summed E-state index contributed by atoms with van der Waals surface area (Å²) in [6.07, 6.45) is 2.04. The quantitative estimate of drug-likeness (QED) is 0.680. The van der Waals surface area contributed by atoms with Gasteiger partial charge in [-0.15, -0.1) is 12.4 Å². The molecule has 1 unspecified atom stereocenters. The molecule has 1 aromatic heterocycles. The molecule has 0 spiro atoms. The van der Waals surface area contributed by atoms with Gasteiger partial charge in [0, 0.05) is 57.6 Å². The number of aromatic nitrogens is 2. The second kappa shape index (κ2) is 9.28. The van der Waals surface area contributed by atoms with Gasteiger partial charge in [0.05, 0.1) is 17.0 Å². The third kappa shape index (κ3) is 4.27. The molecule has 2 aromatic carbocycles. The van der Waals surface area contributed by atoms with Crippen LogP contribution < -0.4 is 10.2 Å². The molecule has 2 fully saturated rings. The van der Waals surface area contributed by atoms with Crippen LogP contribution in [0, 0.1) is 5.92 Å². The first-order valence-electron chi connectivity index (χ1n) is 11.0. The van der Waals surface area contributed by atoms with Crippen LogP contribution in [0.15, 0.2) is 48.5 Å². The molecule has 2 aliphatic rings. The third-order valence-corrected chi connectivity index (χ3v) is 6.46. The molecule has 7 heteroatoms. The van der Waals surface area contributed by atoms with Gasteiger partial charge in [-0.2, -0.15) is 0 Å². The summed E-state index contributed by atoms with van der Waals surface area (Å²) in [5.41, 5.74) is 4.44. The molecule has 0 saturated carbocycles. The molecule has 2 saturated heterocycles. The molecule has 1 atom stereocenters. The van der Waals surface area contributed by atoms with Crippen molar-refractivity contribution in [2.75, 3.05) is 44.2 Å². The lowest BCUT2D eigenvalue weighted by molar-refractivity contribution is -0.136. The van der Waals surface area contributed by atoms with Gasteiger partial charge in [0.25, 0.3) is 0 Å². The SMILES string of the molecule is Cl.Cn1c(-c2cccc(N3CCCC(C(=O)N4CCNCC4)C3)c2)nc2ccccc21. The van der Waals surface area contributed by atoms with E-state index in [9.17, 15) is 4.79 Å². The van der Waals surface area contributed by atoms with Gasteiger partial charge in [-0.3, -0.25) is 4.79 Å². The summed E-state index contributed by atoms with van der Waals surface area (Å²) in [7, 11) is 2.07. The number of benzene rings is 2. The molecule has 0 bridgehead atoms. The summed E-state index contributed by atoms with van der Waals surface area (Å²) in [5, 5.41) is 3.33. The summed E-state index contributed by atoms with van der Waals surface area (Å²) < 4.78 is 2.15. The maximum Gasteiger partial charge on any atom is 0.227 e. The van der Waals surface area contributed by atoms with Crippen molar-refractivity contribution in [3.8, 4) is 11.4 Å². The fourth-order valence-corrected chi connectivity index (χ4v) is 4.80. The molecular weight excluding hydrogens is 410 g/mol. The number of piperazine rings is 1. The average molecular weight is 440 g/mol. The number of imidazole rings is 1. The van der Waals surface area contributed by atoms with Crippen molar-refractivity contribution in [1.82, 2.24) is 19.8 Å². The predicted octanol–water partition coefficient (Wildman–Crippen LogP) is 3.31. The number of piperidine rings is 1. The molecule has 6 nitrogen and oxygen atoms in total. The average Bonchev–Trinajstić information content (AvgIpc) is 3.16. The number of nitrogens with one attached hydrogen (secondary N) is 1. The smallest absolute Gasteiger partial charge is 0.227 e. The van der Waals surface area contributed by atoms with E-state index >= 15 is 0 Å². The minimum atomic E-state index is 0. The Kier molecular flexibility index (Phi) is 6.49. The molecular formula is C24H30ClN5O. The van der Waals surface area contributed by atoms with E-state index in [1.165, 1.54) is 5.69 Å². The van der Waals surface area contributed by atoms with E-state index in [-0.39, 0.29) is 18.3 Å². The largest absolute Gasteiger partial charge is 0.371 e. The Labute approximate surface area is 189 Å². The van der Waals surface area contributed by atoms with Crippen LogP contribution >= 0.6 is 12.4 Å². The number of halogens is 1. The molecule has 31 heavy (non-hydrogen) atoms. The molecule has 5 rings (SSSR count). The first kappa shape index (κ1) is 21.7. The highest BCUT2D eigenvalue weighted by atomic mass is 35.5. The molecule has 1 amide bonds. The standard InChI is InChI=1S/C24H29N5O.ClH/c1-27-22-10-3-2-9-21(22)26-23(27)18-6-4-8-20(16-18)29-13-5-7-19(17-29)24(30)28-14-11-25-12-15-28;/h2-4,6,8-10,16,19,25H,5,7,11-15,17H2,1H3;1H. The molecule has 2 aliphatic heterocycles. The van der Waals surface area contributed by atoms with Gasteiger partial charge in [-0.05, 0) is 37.1 Å². The van der Waals surface area contributed by atoms with Gasteiger partial charge in [0.1, 0.15) is 5.82 Å². The Morgan fingerprint density at radius 3 is 2.68 bits per heavy atom. The maximum absolute atomic E-state index is 13.0. The fraction of sp³-hybridized carbons (Fsp3) is 0.417. The van der Waals surface area contributed by atoms with Crippen molar-refractivity contribution in [1.29, 1.82) is 0 Å². The lowest BCUT2D eigenvalue weighted by Gasteiger charge is -2.37. The minimum absolute atomic E-state index is 0. The summed E-state index contributed by atoms with van der Waals surface area (Å²) in [6.45, 7) is 5.27. The molecule has 3 heterocycles. The zero-order chi connectivity index (χ0) is 20.5. The van der Waals surface area contributed by atoms with Gasteiger partial charge in [0.15, 0.2) is 0 Å². The lowest BCUT2D eigenvalue weighted by atomic mass is 9.95. The Hall–Kier alpha value is -2.57. The van der Waals surface area contributed by atoms with Gasteiger partial charge in [0.2, 0.25) is 5.91 Å². The van der Waals surface area contributed by atoms with E-state index in [2.05, 4.69) is 58.2 Å². The van der Waals surface area contributed by atoms with Crippen LogP contribution in [0.1, 0.15) is 12.8 Å². The number of aryl methyl sites for hydroxylation is 1. The first-order valence-corrected chi connectivity index (χ1v) is 11.0. The number of amides is 1. The number of fused-ring (bicyclic) bond motifs is 1. The van der Waals surface area contributed by atoms with Crippen LogP contribution in [0.2, 0.25) is 0 Å². The zero-order valence-electron chi connectivity index (χ0n) is 18.0. The van der Waals surface area contributed by atoms with E-state index in [0.29, 0.717) is 5.91 Å². The Bertz CT molecular complexity index is 1060. The van der Waals surface area contributed by atoms with Crippen LogP contribution in [0.3, 0.4) is 0 Å². The Balaban J connectivity index is 0.00000231. The van der Waals surface area contributed by atoms with Gasteiger partial charge < -0.3 is 19.7 Å². The van der Waals surface area contributed by atoms with Crippen molar-refractivity contribution in [2.24, 2.45) is 13.0 Å². The molecule has 0 radical (unpaired) electrons. The fourth-order valence-electron chi connectivity index (χ4n) is 4.80. The Morgan fingerprint density at radius 1 is 1.06 bits per heavy atom. The summed E-state index contributed by atoms with van der Waals surface area (Å²) in [4.78, 5) is 22.3. The normalized spacial score (nSPS) is 19.3. The van der Waals surface area contributed by atoms with Crippen molar-refractivity contribution in [2.45, 2.75) is 12.8 Å². The lowest BCUT2D eigenvalue weighted by Crippen LogP contribution is -2.51. The highest BCUT2D eigenvalue weighted by Gasteiger charge is 2.30. The van der Waals surface area contributed by atoms with Crippen LogP contribution in [0.25, 0.3) is 22.4 Å². The third-order valence-electron chi connectivity index (χ3n) is 6.46. The monoisotopic (exact) mass is 439 g/mol. The van der Waals surface area contributed by atoms with Crippen LogP contribution in [0.5, 0.6) is 0 Å². The maximum atomic E-state index is 13.0. The number of nitrogens with zero attached hydrogens (tertiary/aromatic N) is 4. The molecule has 3 aromatic rings. The number of carbonyl (C=O) groups is 1. The number of hydrogen-bond donors (Lipinski definition) is 1. The minimum Gasteiger partial charge on any atom is -0.371 e. The highest BCUT2D eigenvalue weighted by Crippen LogP contribution is 2.30. The van der Waals surface area contributed by atoms with E-state index in [1.54, 1.807) is 0 Å². The zero-order valence-corrected chi connectivity index (χ0v) is 18.8. The topological polar surface area (TPSA) is 53.4 Å². The van der Waals surface area contributed by atoms with Gasteiger partial charge >= 0.3 is 0 Å². The van der Waals surface area contributed by atoms with E-state index < -0.39 is 0 Å². The van der Waals surface area contributed by atoms with Crippen molar-refractivity contribution in [3.63, 3.8) is 0 Å². The van der Waals surface area contributed by atoms with Crippen LogP contribution in [-0.2, 0) is 11.8 Å². The number of anilines is 1. The van der Waals surface area contributed by atoms with Gasteiger partial charge in [-0.25, -0.2) is 4.98 Å². The Morgan fingerprint density at radius 2 is 1.87 bits per heavy atom. The number of rotatable bonds is 3. The summed E-state index contributed by atoms with van der Waals surface area (Å²) >= 11 is 0. The number of carbonyl (C=O) groups excluding carboxylic acids is 1. The van der Waals surface area contributed by atoms with Crippen molar-refractivity contribution < 1.29 is 4.79 Å². The molecule has 164 valence electrons. The van der Waals surface area contributed by atoms with Crippen molar-refractivity contribution in [3.05, 3.63) is 48.5 Å². The van der Waals surface area contributed by atoms with E-state index in [0.717, 1.165) is 74.5 Å². The second-order valence-electron chi connectivity index (χ2n) is 8.39. The summed E-state index contributed by atoms with van der Waals surface area (Å²) in [6, 6.07) is 16.8. The van der Waals surface area contributed by atoms with Crippen LogP contribution in [0.4, 0.5) is 5.69 Å². The first-order chi connectivity index (χ1) is 14.7. The predicted molar refractivity (Wildman–Crippen MR) is 128 cm³/mol. The van der Waals surface area contributed by atoms with Gasteiger partial charge in [-0.1, -0.05) is 24.3 Å². The molecule has 1 N–H and O–H groups in total. The number of para-hydroxylation sites is 2. The van der Waals surface area contributed by atoms with Crippen molar-refractivity contribution >= 4 is 35.0 Å².